The first-order valence-corrected chi connectivity index (χ1v) is 8.23. The fourth-order valence-electron chi connectivity index (χ4n) is 2.81. The Balaban J connectivity index is 1.55. The van der Waals surface area contributed by atoms with E-state index in [1.807, 2.05) is 28.9 Å². The van der Waals surface area contributed by atoms with Gasteiger partial charge in [0.1, 0.15) is 6.10 Å². The van der Waals surface area contributed by atoms with E-state index < -0.39 is 0 Å². The van der Waals surface area contributed by atoms with E-state index in [2.05, 4.69) is 0 Å². The van der Waals surface area contributed by atoms with Gasteiger partial charge < -0.3 is 14.5 Å². The van der Waals surface area contributed by atoms with Crippen LogP contribution in [0.1, 0.15) is 27.4 Å². The lowest BCUT2D eigenvalue weighted by molar-refractivity contribution is -0.142. The number of hydrogen-bond acceptors (Lipinski definition) is 4. The highest BCUT2D eigenvalue weighted by Gasteiger charge is 2.31. The van der Waals surface area contributed by atoms with E-state index in [-0.39, 0.29) is 17.9 Å². The lowest BCUT2D eigenvalue weighted by atomic mass is 10.2. The zero-order chi connectivity index (χ0) is 14.8. The predicted octanol–water partition coefficient (Wildman–Crippen LogP) is 1.52. The molecule has 2 fully saturated rings. The highest BCUT2D eigenvalue weighted by atomic mass is 32.1. The zero-order valence-electron chi connectivity index (χ0n) is 12.2. The molecule has 2 saturated heterocycles. The molecule has 0 N–H and O–H groups in total. The van der Waals surface area contributed by atoms with Crippen LogP contribution < -0.4 is 0 Å². The van der Waals surface area contributed by atoms with Gasteiger partial charge in [-0.05, 0) is 31.9 Å². The molecular formula is C15H20N2O3S. The number of nitrogens with zero attached hydrogens (tertiary/aromatic N) is 2. The van der Waals surface area contributed by atoms with E-state index in [0.717, 1.165) is 22.6 Å². The maximum atomic E-state index is 12.4. The Kier molecular flexibility index (Phi) is 4.26. The Labute approximate surface area is 128 Å². The molecule has 0 aliphatic carbocycles. The molecule has 2 amide bonds. The standard InChI is InChI=1S/C15H20N2O3S/c1-11-4-5-13(21-11)15(19)17-8-6-16(7-9-17)14(18)12-3-2-10-20-12/h4-5,12H,2-3,6-10H2,1H3/t12-/m1/s1. The van der Waals surface area contributed by atoms with Crippen molar-refractivity contribution in [1.29, 1.82) is 0 Å². The number of rotatable bonds is 2. The Morgan fingerprint density at radius 1 is 1.19 bits per heavy atom. The van der Waals surface area contributed by atoms with E-state index in [4.69, 9.17) is 4.74 Å². The quantitative estimate of drug-likeness (QED) is 0.832. The molecule has 0 aromatic carbocycles. The molecule has 2 aliphatic rings. The largest absolute Gasteiger partial charge is 0.368 e. The fraction of sp³-hybridized carbons (Fsp3) is 0.600. The van der Waals surface area contributed by atoms with Gasteiger partial charge >= 0.3 is 0 Å². The van der Waals surface area contributed by atoms with Crippen molar-refractivity contribution in [2.24, 2.45) is 0 Å². The lowest BCUT2D eigenvalue weighted by Crippen LogP contribution is -2.52. The maximum absolute atomic E-state index is 12.4. The number of hydrogen-bond donors (Lipinski definition) is 0. The number of carbonyl (C=O) groups is 2. The SMILES string of the molecule is Cc1ccc(C(=O)N2CCN(C(=O)[C@H]3CCCO3)CC2)s1. The van der Waals surface area contributed by atoms with Crippen molar-refractivity contribution < 1.29 is 14.3 Å². The summed E-state index contributed by atoms with van der Waals surface area (Å²) in [4.78, 5) is 30.2. The second kappa shape index (κ2) is 6.15. The predicted molar refractivity (Wildman–Crippen MR) is 80.5 cm³/mol. The monoisotopic (exact) mass is 308 g/mol. The first-order valence-electron chi connectivity index (χ1n) is 7.41. The van der Waals surface area contributed by atoms with Gasteiger partial charge in [0.15, 0.2) is 0 Å². The van der Waals surface area contributed by atoms with E-state index in [1.54, 1.807) is 0 Å². The summed E-state index contributed by atoms with van der Waals surface area (Å²) in [7, 11) is 0. The number of aryl methyl sites for hydroxylation is 1. The summed E-state index contributed by atoms with van der Waals surface area (Å²) >= 11 is 1.53. The number of piperazine rings is 1. The summed E-state index contributed by atoms with van der Waals surface area (Å²) in [6, 6.07) is 3.85. The Bertz CT molecular complexity index is 529. The first kappa shape index (κ1) is 14.5. The smallest absolute Gasteiger partial charge is 0.264 e. The summed E-state index contributed by atoms with van der Waals surface area (Å²) in [5.74, 6) is 0.170. The zero-order valence-corrected chi connectivity index (χ0v) is 13.0. The van der Waals surface area contributed by atoms with Crippen LogP contribution in [0, 0.1) is 6.92 Å². The van der Waals surface area contributed by atoms with Crippen LogP contribution in [0.5, 0.6) is 0 Å². The topological polar surface area (TPSA) is 49.9 Å². The molecule has 0 unspecified atom stereocenters. The normalized spacial score (nSPS) is 22.6. The number of carbonyl (C=O) groups excluding carboxylic acids is 2. The van der Waals surface area contributed by atoms with Gasteiger partial charge in [-0.25, -0.2) is 0 Å². The van der Waals surface area contributed by atoms with Crippen molar-refractivity contribution in [3.8, 4) is 0 Å². The van der Waals surface area contributed by atoms with Gasteiger partial charge in [0.05, 0.1) is 4.88 Å². The molecule has 5 nitrogen and oxygen atoms in total. The number of amides is 2. The molecule has 3 heterocycles. The van der Waals surface area contributed by atoms with Crippen molar-refractivity contribution in [2.45, 2.75) is 25.9 Å². The third-order valence-corrected chi connectivity index (χ3v) is 5.02. The molecule has 1 aromatic heterocycles. The van der Waals surface area contributed by atoms with Gasteiger partial charge in [-0.3, -0.25) is 9.59 Å². The summed E-state index contributed by atoms with van der Waals surface area (Å²) in [5, 5.41) is 0. The van der Waals surface area contributed by atoms with Crippen molar-refractivity contribution in [3.63, 3.8) is 0 Å². The molecule has 0 spiro atoms. The molecule has 0 bridgehead atoms. The van der Waals surface area contributed by atoms with E-state index in [1.165, 1.54) is 11.3 Å². The highest BCUT2D eigenvalue weighted by Crippen LogP contribution is 2.19. The molecule has 1 aromatic rings. The second-order valence-corrected chi connectivity index (χ2v) is 6.82. The van der Waals surface area contributed by atoms with Gasteiger partial charge in [0, 0.05) is 37.7 Å². The summed E-state index contributed by atoms with van der Waals surface area (Å²) in [5.41, 5.74) is 0. The van der Waals surface area contributed by atoms with Gasteiger partial charge in [0.2, 0.25) is 0 Å². The van der Waals surface area contributed by atoms with Crippen molar-refractivity contribution in [3.05, 3.63) is 21.9 Å². The third kappa shape index (κ3) is 3.11. The van der Waals surface area contributed by atoms with Crippen LogP contribution in [0.3, 0.4) is 0 Å². The van der Waals surface area contributed by atoms with Crippen LogP contribution in [-0.4, -0.2) is 60.5 Å². The minimum absolute atomic E-state index is 0.0808. The molecule has 0 radical (unpaired) electrons. The fourth-order valence-corrected chi connectivity index (χ4v) is 3.65. The van der Waals surface area contributed by atoms with E-state index in [9.17, 15) is 9.59 Å². The van der Waals surface area contributed by atoms with Crippen LogP contribution in [0.25, 0.3) is 0 Å². The summed E-state index contributed by atoms with van der Waals surface area (Å²) in [6.45, 7) is 5.11. The van der Waals surface area contributed by atoms with E-state index in [0.29, 0.717) is 32.8 Å². The van der Waals surface area contributed by atoms with Gasteiger partial charge in [-0.1, -0.05) is 0 Å². The molecule has 6 heteroatoms. The summed E-state index contributed by atoms with van der Waals surface area (Å²) < 4.78 is 5.44. The summed E-state index contributed by atoms with van der Waals surface area (Å²) in [6.07, 6.45) is 1.53. The van der Waals surface area contributed by atoms with Gasteiger partial charge in [-0.15, -0.1) is 11.3 Å². The Hall–Kier alpha value is -1.40. The Morgan fingerprint density at radius 2 is 1.90 bits per heavy atom. The lowest BCUT2D eigenvalue weighted by Gasteiger charge is -2.35. The van der Waals surface area contributed by atoms with Crippen LogP contribution in [-0.2, 0) is 9.53 Å². The van der Waals surface area contributed by atoms with Crippen LogP contribution in [0.2, 0.25) is 0 Å². The number of ether oxygens (including phenoxy) is 1. The maximum Gasteiger partial charge on any atom is 0.264 e. The molecular weight excluding hydrogens is 288 g/mol. The molecule has 2 aliphatic heterocycles. The van der Waals surface area contributed by atoms with E-state index >= 15 is 0 Å². The average molecular weight is 308 g/mol. The van der Waals surface area contributed by atoms with Gasteiger partial charge in [-0.2, -0.15) is 0 Å². The van der Waals surface area contributed by atoms with Gasteiger partial charge in [0.25, 0.3) is 11.8 Å². The van der Waals surface area contributed by atoms with Crippen LogP contribution >= 0.6 is 11.3 Å². The second-order valence-electron chi connectivity index (χ2n) is 5.53. The third-order valence-electron chi connectivity index (χ3n) is 4.03. The minimum Gasteiger partial charge on any atom is -0.368 e. The Morgan fingerprint density at radius 3 is 2.48 bits per heavy atom. The van der Waals surface area contributed by atoms with Crippen LogP contribution in [0.15, 0.2) is 12.1 Å². The average Bonchev–Trinajstić information content (AvgIpc) is 3.17. The molecule has 3 rings (SSSR count). The minimum atomic E-state index is -0.257. The highest BCUT2D eigenvalue weighted by molar-refractivity contribution is 7.13. The molecule has 114 valence electrons. The molecule has 0 saturated carbocycles. The first-order chi connectivity index (χ1) is 10.1. The van der Waals surface area contributed by atoms with Crippen LogP contribution in [0.4, 0.5) is 0 Å². The van der Waals surface area contributed by atoms with Crippen molar-refractivity contribution in [2.75, 3.05) is 32.8 Å². The molecule has 21 heavy (non-hydrogen) atoms. The number of thiophene rings is 1. The van der Waals surface area contributed by atoms with Crippen molar-refractivity contribution in [1.82, 2.24) is 9.80 Å². The molecule has 1 atom stereocenters. The van der Waals surface area contributed by atoms with Crippen molar-refractivity contribution >= 4 is 23.2 Å².